The number of phenolic OH excluding ortho intramolecular Hbond substituents is 2. The Balaban J connectivity index is 2.03. The molecule has 0 atom stereocenters. The Bertz CT molecular complexity index is 1520. The van der Waals surface area contributed by atoms with Crippen LogP contribution in [0, 0.1) is 27.7 Å². The minimum atomic E-state index is -4.74. The molecule has 5 rings (SSSR count). The zero-order valence-corrected chi connectivity index (χ0v) is 21.4. The highest BCUT2D eigenvalue weighted by Crippen LogP contribution is 2.61. The molecule has 0 fully saturated rings. The SMILES string of the molecule is Cc1cc(C2(c3cc(C)c(C(F)(F)F)c(C)c3O)c3ccccc3-c3ccccc32)c(O)c(C)c1C(F)(F)F. The molecule has 39 heavy (non-hydrogen) atoms. The normalized spacial score (nSPS) is 14.3. The molecule has 0 aromatic heterocycles. The molecule has 0 saturated carbocycles. The van der Waals surface area contributed by atoms with E-state index < -0.39 is 51.5 Å². The van der Waals surface area contributed by atoms with Crippen LogP contribution in [0.4, 0.5) is 26.3 Å². The average molecular weight is 543 g/mol. The van der Waals surface area contributed by atoms with Crippen molar-refractivity contribution in [1.29, 1.82) is 0 Å². The van der Waals surface area contributed by atoms with Crippen LogP contribution in [-0.2, 0) is 17.8 Å². The molecular weight excluding hydrogens is 518 g/mol. The largest absolute Gasteiger partial charge is 0.507 e. The van der Waals surface area contributed by atoms with Gasteiger partial charge in [0.05, 0.1) is 16.5 Å². The van der Waals surface area contributed by atoms with E-state index in [1.54, 1.807) is 48.5 Å². The highest BCUT2D eigenvalue weighted by Gasteiger charge is 2.51. The Morgan fingerprint density at radius 2 is 0.872 bits per heavy atom. The Hall–Kier alpha value is -3.94. The van der Waals surface area contributed by atoms with E-state index in [0.29, 0.717) is 22.3 Å². The highest BCUT2D eigenvalue weighted by atomic mass is 19.4. The van der Waals surface area contributed by atoms with Crippen LogP contribution >= 0.6 is 0 Å². The summed E-state index contributed by atoms with van der Waals surface area (Å²) in [6.45, 7) is 4.89. The molecule has 0 saturated heterocycles. The zero-order valence-electron chi connectivity index (χ0n) is 21.4. The van der Waals surface area contributed by atoms with Crippen molar-refractivity contribution in [3.05, 3.63) is 116 Å². The lowest BCUT2D eigenvalue weighted by Crippen LogP contribution is -2.30. The first-order valence-electron chi connectivity index (χ1n) is 12.1. The maximum absolute atomic E-state index is 14.0. The smallest absolute Gasteiger partial charge is 0.417 e. The third-order valence-electron chi connectivity index (χ3n) is 7.81. The van der Waals surface area contributed by atoms with Crippen LogP contribution in [0.15, 0.2) is 60.7 Å². The molecule has 0 radical (unpaired) electrons. The second kappa shape index (κ2) is 8.53. The minimum absolute atomic E-state index is 0.0387. The summed E-state index contributed by atoms with van der Waals surface area (Å²) in [5, 5.41) is 22.9. The van der Waals surface area contributed by atoms with Gasteiger partial charge in [0.1, 0.15) is 11.5 Å². The number of phenols is 2. The molecule has 4 aromatic carbocycles. The van der Waals surface area contributed by atoms with Gasteiger partial charge in [-0.3, -0.25) is 0 Å². The quantitative estimate of drug-likeness (QED) is 0.219. The van der Waals surface area contributed by atoms with Crippen molar-refractivity contribution >= 4 is 0 Å². The molecule has 0 bridgehead atoms. The van der Waals surface area contributed by atoms with Gasteiger partial charge < -0.3 is 10.2 Å². The minimum Gasteiger partial charge on any atom is -0.507 e. The second-order valence-corrected chi connectivity index (χ2v) is 10.0. The van der Waals surface area contributed by atoms with Crippen molar-refractivity contribution in [3.8, 4) is 22.6 Å². The van der Waals surface area contributed by atoms with Crippen LogP contribution in [0.5, 0.6) is 11.5 Å². The van der Waals surface area contributed by atoms with Crippen LogP contribution in [0.3, 0.4) is 0 Å². The van der Waals surface area contributed by atoms with Gasteiger partial charge in [0, 0.05) is 22.3 Å². The summed E-state index contributed by atoms with van der Waals surface area (Å²) in [7, 11) is 0. The van der Waals surface area contributed by atoms with Crippen molar-refractivity contribution in [2.75, 3.05) is 0 Å². The number of alkyl halides is 6. The van der Waals surface area contributed by atoms with Crippen molar-refractivity contribution < 1.29 is 36.6 Å². The predicted molar refractivity (Wildman–Crippen MR) is 136 cm³/mol. The van der Waals surface area contributed by atoms with E-state index in [9.17, 15) is 36.6 Å². The fourth-order valence-electron chi connectivity index (χ4n) is 6.35. The lowest BCUT2D eigenvalue weighted by atomic mass is 9.65. The maximum atomic E-state index is 14.0. The summed E-state index contributed by atoms with van der Waals surface area (Å²) < 4.78 is 83.8. The van der Waals surface area contributed by atoms with Crippen LogP contribution in [-0.4, -0.2) is 10.2 Å². The van der Waals surface area contributed by atoms with Gasteiger partial charge >= 0.3 is 12.4 Å². The van der Waals surface area contributed by atoms with E-state index in [1.807, 2.05) is 0 Å². The zero-order chi connectivity index (χ0) is 28.7. The van der Waals surface area contributed by atoms with Crippen LogP contribution in [0.25, 0.3) is 11.1 Å². The van der Waals surface area contributed by atoms with Crippen molar-refractivity contribution in [2.45, 2.75) is 45.5 Å². The summed E-state index contributed by atoms with van der Waals surface area (Å²) >= 11 is 0. The van der Waals surface area contributed by atoms with Crippen molar-refractivity contribution in [2.24, 2.45) is 0 Å². The molecule has 202 valence electrons. The molecule has 0 unspecified atom stereocenters. The second-order valence-electron chi connectivity index (χ2n) is 10.0. The monoisotopic (exact) mass is 542 g/mol. The maximum Gasteiger partial charge on any atom is 0.417 e. The first-order chi connectivity index (χ1) is 18.1. The fraction of sp³-hybridized carbons (Fsp3) is 0.226. The van der Waals surface area contributed by atoms with Crippen molar-refractivity contribution in [3.63, 3.8) is 0 Å². The molecule has 0 amide bonds. The summed E-state index contributed by atoms with van der Waals surface area (Å²) in [6.07, 6.45) is -9.49. The van der Waals surface area contributed by atoms with Crippen LogP contribution < -0.4 is 0 Å². The molecule has 1 aliphatic carbocycles. The molecule has 0 aliphatic heterocycles. The number of aryl methyl sites for hydroxylation is 2. The first kappa shape index (κ1) is 26.7. The average Bonchev–Trinajstić information content (AvgIpc) is 3.13. The number of hydrogen-bond donors (Lipinski definition) is 2. The Kier molecular flexibility index (Phi) is 5.83. The highest BCUT2D eigenvalue weighted by molar-refractivity contribution is 5.88. The molecular formula is C31H24F6O2. The van der Waals surface area contributed by atoms with E-state index >= 15 is 0 Å². The standard InChI is InChI=1S/C31H24F6O2/c1-15-13-23(27(38)17(3)25(15)30(32,33)34)29(24-14-16(2)26(31(35,36)37)18(4)28(24)39)21-11-7-5-9-19(21)20-10-6-8-12-22(20)29/h5-14,38-39H,1-4H3. The van der Waals surface area contributed by atoms with Crippen molar-refractivity contribution in [1.82, 2.24) is 0 Å². The summed E-state index contributed by atoms with van der Waals surface area (Å²) in [4.78, 5) is 0. The molecule has 0 heterocycles. The predicted octanol–water partition coefficient (Wildman–Crippen LogP) is 8.73. The lowest BCUT2D eigenvalue weighted by molar-refractivity contribution is -0.139. The molecule has 2 nitrogen and oxygen atoms in total. The van der Waals surface area contributed by atoms with Gasteiger partial charge in [-0.05, 0) is 61.1 Å². The summed E-state index contributed by atoms with van der Waals surface area (Å²) in [6, 6.07) is 16.5. The lowest BCUT2D eigenvalue weighted by Gasteiger charge is -2.37. The van der Waals surface area contributed by atoms with Gasteiger partial charge in [0.2, 0.25) is 0 Å². The van der Waals surface area contributed by atoms with E-state index in [2.05, 4.69) is 0 Å². The molecule has 1 aliphatic rings. The summed E-state index contributed by atoms with van der Waals surface area (Å²) in [5.74, 6) is -1.29. The molecule has 2 N–H and O–H groups in total. The van der Waals surface area contributed by atoms with E-state index in [4.69, 9.17) is 0 Å². The number of halogens is 6. The number of hydrogen-bond acceptors (Lipinski definition) is 2. The van der Waals surface area contributed by atoms with Crippen LogP contribution in [0.2, 0.25) is 0 Å². The van der Waals surface area contributed by atoms with Crippen LogP contribution in [0.1, 0.15) is 55.6 Å². The van der Waals surface area contributed by atoms with Gasteiger partial charge in [-0.2, -0.15) is 26.3 Å². The Labute approximate surface area is 221 Å². The molecule has 4 aromatic rings. The number of fused-ring (bicyclic) bond motifs is 3. The topological polar surface area (TPSA) is 40.5 Å². The molecule has 0 spiro atoms. The van der Waals surface area contributed by atoms with E-state index in [0.717, 1.165) is 13.8 Å². The Morgan fingerprint density at radius 3 is 1.21 bits per heavy atom. The van der Waals surface area contributed by atoms with Gasteiger partial charge in [-0.1, -0.05) is 60.7 Å². The third kappa shape index (κ3) is 3.64. The molecule has 8 heteroatoms. The summed E-state index contributed by atoms with van der Waals surface area (Å²) in [5.41, 5.74) is -2.20. The van der Waals surface area contributed by atoms with Gasteiger partial charge in [0.15, 0.2) is 0 Å². The first-order valence-corrected chi connectivity index (χ1v) is 12.1. The fourth-order valence-corrected chi connectivity index (χ4v) is 6.35. The number of rotatable bonds is 2. The van der Waals surface area contributed by atoms with Gasteiger partial charge in [-0.25, -0.2) is 0 Å². The van der Waals surface area contributed by atoms with Gasteiger partial charge in [-0.15, -0.1) is 0 Å². The third-order valence-corrected chi connectivity index (χ3v) is 7.81. The van der Waals surface area contributed by atoms with Gasteiger partial charge in [0.25, 0.3) is 0 Å². The van der Waals surface area contributed by atoms with E-state index in [1.165, 1.54) is 26.0 Å². The Morgan fingerprint density at radius 1 is 0.538 bits per heavy atom. The number of benzene rings is 4. The van der Waals surface area contributed by atoms with E-state index in [-0.39, 0.29) is 22.3 Å². The number of aromatic hydroxyl groups is 2.